The Balaban J connectivity index is 1.47. The molecule has 6 nitrogen and oxygen atoms in total. The van der Waals surface area contributed by atoms with E-state index >= 15 is 0 Å². The number of pyridine rings is 1. The zero-order chi connectivity index (χ0) is 21.1. The number of aromatic nitrogens is 4. The number of nitrogens with one attached hydrogen (secondary N) is 1. The van der Waals surface area contributed by atoms with Gasteiger partial charge in [-0.25, -0.2) is 13.8 Å². The number of rotatable bonds is 6. The van der Waals surface area contributed by atoms with Crippen molar-refractivity contribution >= 4 is 17.2 Å². The van der Waals surface area contributed by atoms with Crippen LogP contribution in [0.15, 0.2) is 55.0 Å². The van der Waals surface area contributed by atoms with Crippen molar-refractivity contribution in [2.24, 2.45) is 0 Å². The van der Waals surface area contributed by atoms with Gasteiger partial charge < -0.3 is 5.32 Å². The number of amides is 1. The lowest BCUT2D eigenvalue weighted by Gasteiger charge is -2.03. The number of nitrogens with zero attached hydrogens (tertiary/aromatic N) is 4. The van der Waals surface area contributed by atoms with Crippen LogP contribution >= 0.6 is 11.3 Å². The van der Waals surface area contributed by atoms with Gasteiger partial charge in [0.1, 0.15) is 27.2 Å². The number of aryl methyl sites for hydroxylation is 1. The predicted molar refractivity (Wildman–Crippen MR) is 109 cm³/mol. The lowest BCUT2D eigenvalue weighted by atomic mass is 10.2. The quantitative estimate of drug-likeness (QED) is 0.507. The van der Waals surface area contributed by atoms with E-state index in [1.165, 1.54) is 23.5 Å². The summed E-state index contributed by atoms with van der Waals surface area (Å²) in [7, 11) is 0. The minimum Gasteiger partial charge on any atom is -0.347 e. The molecule has 4 aromatic rings. The van der Waals surface area contributed by atoms with E-state index in [2.05, 4.69) is 20.4 Å². The van der Waals surface area contributed by atoms with Gasteiger partial charge in [0.15, 0.2) is 0 Å². The first kappa shape index (κ1) is 19.8. The highest BCUT2D eigenvalue weighted by Crippen LogP contribution is 2.27. The molecule has 0 unspecified atom stereocenters. The monoisotopic (exact) mass is 425 g/mol. The lowest BCUT2D eigenvalue weighted by Crippen LogP contribution is -2.22. The first-order valence-electron chi connectivity index (χ1n) is 9.11. The van der Waals surface area contributed by atoms with Gasteiger partial charge in [0.05, 0.1) is 12.2 Å². The van der Waals surface area contributed by atoms with Crippen molar-refractivity contribution in [2.45, 2.75) is 20.0 Å². The largest absolute Gasteiger partial charge is 0.347 e. The van der Waals surface area contributed by atoms with E-state index in [0.717, 1.165) is 11.6 Å². The molecule has 0 aliphatic rings. The van der Waals surface area contributed by atoms with E-state index in [4.69, 9.17) is 0 Å². The topological polar surface area (TPSA) is 72.7 Å². The molecule has 0 fully saturated rings. The van der Waals surface area contributed by atoms with Crippen LogP contribution in [0.3, 0.4) is 0 Å². The average molecular weight is 425 g/mol. The average Bonchev–Trinajstić information content (AvgIpc) is 3.33. The Morgan fingerprint density at radius 2 is 1.97 bits per heavy atom. The molecule has 0 atom stereocenters. The molecular weight excluding hydrogens is 408 g/mol. The summed E-state index contributed by atoms with van der Waals surface area (Å²) in [5.41, 5.74) is 2.57. The van der Waals surface area contributed by atoms with Crippen LogP contribution in [0.2, 0.25) is 0 Å². The third-order valence-electron chi connectivity index (χ3n) is 4.31. The van der Waals surface area contributed by atoms with Gasteiger partial charge in [0, 0.05) is 31.2 Å². The van der Waals surface area contributed by atoms with Gasteiger partial charge in [-0.15, -0.1) is 11.3 Å². The summed E-state index contributed by atoms with van der Waals surface area (Å²) in [6.45, 7) is 2.36. The molecule has 3 aromatic heterocycles. The van der Waals surface area contributed by atoms with Crippen LogP contribution in [-0.2, 0) is 13.1 Å². The number of halogens is 2. The SMILES string of the molecule is Cc1nc(-c2ccn(Cc3cc(F)cc(F)c3)n2)sc1C(=O)NCc1cccnc1. The molecule has 0 spiro atoms. The maximum Gasteiger partial charge on any atom is 0.263 e. The number of hydrogen-bond donors (Lipinski definition) is 1. The molecule has 9 heteroatoms. The predicted octanol–water partition coefficient (Wildman–Crippen LogP) is 3.97. The highest BCUT2D eigenvalue weighted by Gasteiger charge is 2.17. The standard InChI is InChI=1S/C21H17F2N5OS/c1-13-19(20(29)25-11-14-3-2-5-24-10-14)30-21(26-13)18-4-6-28(27-18)12-15-7-16(22)9-17(23)8-15/h2-10H,11-12H2,1H3,(H,25,29). The summed E-state index contributed by atoms with van der Waals surface area (Å²) >= 11 is 1.25. The minimum absolute atomic E-state index is 0.213. The van der Waals surface area contributed by atoms with Crippen molar-refractivity contribution in [2.75, 3.05) is 0 Å². The van der Waals surface area contributed by atoms with Crippen molar-refractivity contribution in [1.82, 2.24) is 25.1 Å². The summed E-state index contributed by atoms with van der Waals surface area (Å²) in [6, 6.07) is 8.81. The molecule has 0 radical (unpaired) electrons. The zero-order valence-electron chi connectivity index (χ0n) is 16.0. The summed E-state index contributed by atoms with van der Waals surface area (Å²) < 4.78 is 28.3. The van der Waals surface area contributed by atoms with Crippen molar-refractivity contribution in [3.63, 3.8) is 0 Å². The molecular formula is C21H17F2N5OS. The minimum atomic E-state index is -0.630. The Hall–Kier alpha value is -3.46. The number of hydrogen-bond acceptors (Lipinski definition) is 5. The summed E-state index contributed by atoms with van der Waals surface area (Å²) in [5.74, 6) is -1.47. The Bertz CT molecular complexity index is 1170. The molecule has 152 valence electrons. The second-order valence-electron chi connectivity index (χ2n) is 6.65. The molecule has 1 N–H and O–H groups in total. The van der Waals surface area contributed by atoms with Gasteiger partial charge in [-0.3, -0.25) is 14.5 Å². The molecule has 0 bridgehead atoms. The van der Waals surface area contributed by atoms with E-state index in [1.54, 1.807) is 36.3 Å². The van der Waals surface area contributed by atoms with E-state index in [0.29, 0.717) is 33.4 Å². The molecule has 0 aliphatic heterocycles. The third kappa shape index (κ3) is 4.57. The fraction of sp³-hybridized carbons (Fsp3) is 0.143. The number of benzene rings is 1. The van der Waals surface area contributed by atoms with E-state index in [-0.39, 0.29) is 12.5 Å². The van der Waals surface area contributed by atoms with Crippen molar-refractivity contribution in [3.05, 3.63) is 88.3 Å². The van der Waals surface area contributed by atoms with Gasteiger partial charge in [0.2, 0.25) is 0 Å². The molecule has 3 heterocycles. The molecule has 4 rings (SSSR count). The Morgan fingerprint density at radius 1 is 1.17 bits per heavy atom. The van der Waals surface area contributed by atoms with Gasteiger partial charge >= 0.3 is 0 Å². The fourth-order valence-electron chi connectivity index (χ4n) is 2.94. The van der Waals surface area contributed by atoms with Gasteiger partial charge in [-0.2, -0.15) is 5.10 Å². The maximum atomic E-state index is 13.4. The molecule has 1 aromatic carbocycles. The van der Waals surface area contributed by atoms with Crippen LogP contribution in [0.4, 0.5) is 8.78 Å². The molecule has 1 amide bonds. The van der Waals surface area contributed by atoms with Crippen molar-refractivity contribution < 1.29 is 13.6 Å². The molecule has 0 saturated heterocycles. The molecule has 0 aliphatic carbocycles. The highest BCUT2D eigenvalue weighted by molar-refractivity contribution is 7.17. The molecule has 0 saturated carbocycles. The maximum absolute atomic E-state index is 13.4. The van der Waals surface area contributed by atoms with Crippen LogP contribution in [0.25, 0.3) is 10.7 Å². The van der Waals surface area contributed by atoms with Crippen LogP contribution < -0.4 is 5.32 Å². The summed E-state index contributed by atoms with van der Waals surface area (Å²) in [4.78, 5) is 21.5. The van der Waals surface area contributed by atoms with Crippen LogP contribution in [-0.4, -0.2) is 25.7 Å². The van der Waals surface area contributed by atoms with Crippen molar-refractivity contribution in [1.29, 1.82) is 0 Å². The van der Waals surface area contributed by atoms with E-state index < -0.39 is 11.6 Å². The highest BCUT2D eigenvalue weighted by atomic mass is 32.1. The summed E-state index contributed by atoms with van der Waals surface area (Å²) in [6.07, 6.45) is 5.08. The Kier molecular flexibility index (Phi) is 5.62. The second kappa shape index (κ2) is 8.50. The summed E-state index contributed by atoms with van der Waals surface area (Å²) in [5, 5.41) is 7.89. The van der Waals surface area contributed by atoms with Crippen LogP contribution in [0.5, 0.6) is 0 Å². The fourth-order valence-corrected chi connectivity index (χ4v) is 3.88. The number of carbonyl (C=O) groups is 1. The van der Waals surface area contributed by atoms with E-state index in [1.807, 2.05) is 12.1 Å². The number of carbonyl (C=O) groups excluding carboxylic acids is 1. The van der Waals surface area contributed by atoms with Crippen LogP contribution in [0, 0.1) is 18.6 Å². The Morgan fingerprint density at radius 3 is 2.70 bits per heavy atom. The van der Waals surface area contributed by atoms with Gasteiger partial charge in [-0.05, 0) is 42.3 Å². The Labute approximate surface area is 175 Å². The second-order valence-corrected chi connectivity index (χ2v) is 7.65. The first-order chi connectivity index (χ1) is 14.5. The number of thiazole rings is 1. The molecule has 30 heavy (non-hydrogen) atoms. The van der Waals surface area contributed by atoms with Crippen molar-refractivity contribution in [3.8, 4) is 10.7 Å². The van der Waals surface area contributed by atoms with Gasteiger partial charge in [0.25, 0.3) is 5.91 Å². The third-order valence-corrected chi connectivity index (χ3v) is 5.48. The zero-order valence-corrected chi connectivity index (χ0v) is 16.8. The van der Waals surface area contributed by atoms with Gasteiger partial charge in [-0.1, -0.05) is 6.07 Å². The smallest absolute Gasteiger partial charge is 0.263 e. The lowest BCUT2D eigenvalue weighted by molar-refractivity contribution is 0.0954. The first-order valence-corrected chi connectivity index (χ1v) is 9.93. The van der Waals surface area contributed by atoms with E-state index in [9.17, 15) is 13.6 Å². The van der Waals surface area contributed by atoms with Crippen LogP contribution in [0.1, 0.15) is 26.5 Å². The normalized spacial score (nSPS) is 10.9.